The van der Waals surface area contributed by atoms with Gasteiger partial charge in [-0.25, -0.2) is 0 Å². The Morgan fingerprint density at radius 1 is 1.22 bits per heavy atom. The molecular weight excluding hydrogens is 521 g/mol. The van der Waals surface area contributed by atoms with Crippen molar-refractivity contribution in [1.29, 1.82) is 0 Å². The van der Waals surface area contributed by atoms with Crippen molar-refractivity contribution in [2.45, 2.75) is 37.5 Å². The minimum Gasteiger partial charge on any atom is -0.370 e. The zero-order valence-corrected chi connectivity index (χ0v) is 20.6. The number of rotatable bonds is 8. The fraction of sp³-hybridized carbons (Fsp3) is 0.435. The van der Waals surface area contributed by atoms with E-state index in [9.17, 15) is 27.6 Å². The Morgan fingerprint density at radius 3 is 2.61 bits per heavy atom. The third-order valence-electron chi connectivity index (χ3n) is 5.97. The number of carbonyl (C=O) groups excluding carboxylic acids is 3. The van der Waals surface area contributed by atoms with Crippen molar-refractivity contribution >= 4 is 52.0 Å². The molecule has 1 aliphatic heterocycles. The maximum atomic E-state index is 13.9. The minimum absolute atomic E-state index is 0.00382. The first-order chi connectivity index (χ1) is 17.1. The van der Waals surface area contributed by atoms with E-state index in [1.807, 2.05) is 0 Å². The molecule has 1 aliphatic carbocycles. The molecule has 3 N–H and O–H groups in total. The summed E-state index contributed by atoms with van der Waals surface area (Å²) in [5.74, 6) is -1.56. The molecule has 1 saturated heterocycles. The minimum atomic E-state index is -4.76. The second-order valence-corrected chi connectivity index (χ2v) is 10.2. The van der Waals surface area contributed by atoms with E-state index in [0.29, 0.717) is 9.21 Å². The highest BCUT2D eigenvalue weighted by Crippen LogP contribution is 2.38. The molecule has 2 fully saturated rings. The SMILES string of the molecule is O=C(NC[C@H](NC1CCC1)C(=O)Nc1ccc(N2CCOCC2=O)c(C(F)(F)F)c1)c1ccc(Cl)s1. The number of ether oxygens (including phenoxy) is 1. The summed E-state index contributed by atoms with van der Waals surface area (Å²) in [5, 5.41) is 8.36. The van der Waals surface area contributed by atoms with Crippen LogP contribution in [-0.4, -0.2) is 56.1 Å². The molecule has 1 aromatic carbocycles. The van der Waals surface area contributed by atoms with Crippen LogP contribution in [0.15, 0.2) is 30.3 Å². The van der Waals surface area contributed by atoms with E-state index in [0.717, 1.165) is 41.6 Å². The van der Waals surface area contributed by atoms with Crippen LogP contribution in [0.2, 0.25) is 4.34 Å². The van der Waals surface area contributed by atoms with Crippen LogP contribution in [-0.2, 0) is 20.5 Å². The lowest BCUT2D eigenvalue weighted by Crippen LogP contribution is -2.53. The standard InChI is InChI=1S/C23H24ClF3N4O4S/c24-19-7-6-18(36-19)22(34)28-11-16(29-13-2-1-3-13)21(33)30-14-4-5-17(15(10-14)23(25,26)27)31-8-9-35-12-20(31)32/h4-7,10,13,16,29H,1-3,8-9,11-12H2,(H,28,34)(H,30,33)/t16-/m0/s1. The lowest BCUT2D eigenvalue weighted by Gasteiger charge is -2.31. The summed E-state index contributed by atoms with van der Waals surface area (Å²) >= 11 is 6.97. The van der Waals surface area contributed by atoms with Gasteiger partial charge in [-0.1, -0.05) is 18.0 Å². The lowest BCUT2D eigenvalue weighted by atomic mass is 9.92. The maximum absolute atomic E-state index is 13.9. The molecule has 3 amide bonds. The predicted molar refractivity (Wildman–Crippen MR) is 129 cm³/mol. The maximum Gasteiger partial charge on any atom is 0.418 e. The Labute approximate surface area is 214 Å². The van der Waals surface area contributed by atoms with Crippen molar-refractivity contribution in [1.82, 2.24) is 10.6 Å². The second-order valence-electron chi connectivity index (χ2n) is 8.48. The quantitative estimate of drug-likeness (QED) is 0.471. The molecule has 13 heteroatoms. The molecule has 0 spiro atoms. The molecule has 0 unspecified atom stereocenters. The summed E-state index contributed by atoms with van der Waals surface area (Å²) in [6.07, 6.45) is -2.03. The van der Waals surface area contributed by atoms with Gasteiger partial charge in [-0.2, -0.15) is 13.2 Å². The van der Waals surface area contributed by atoms with Crippen LogP contribution in [0.1, 0.15) is 34.5 Å². The number of benzene rings is 1. The van der Waals surface area contributed by atoms with Crippen molar-refractivity contribution in [3.63, 3.8) is 0 Å². The molecule has 194 valence electrons. The van der Waals surface area contributed by atoms with Gasteiger partial charge in [0.25, 0.3) is 11.8 Å². The summed E-state index contributed by atoms with van der Waals surface area (Å²) in [7, 11) is 0. The van der Waals surface area contributed by atoms with Gasteiger partial charge in [0.1, 0.15) is 12.6 Å². The van der Waals surface area contributed by atoms with Crippen LogP contribution in [0.3, 0.4) is 0 Å². The molecule has 2 heterocycles. The molecule has 4 rings (SSSR count). The molecule has 1 saturated carbocycles. The van der Waals surface area contributed by atoms with E-state index in [1.54, 1.807) is 12.1 Å². The number of amides is 3. The summed E-state index contributed by atoms with van der Waals surface area (Å²) in [6, 6.07) is 5.65. The monoisotopic (exact) mass is 544 g/mol. The van der Waals surface area contributed by atoms with E-state index >= 15 is 0 Å². The molecule has 1 atom stereocenters. The fourth-order valence-corrected chi connectivity index (χ4v) is 4.84. The molecule has 36 heavy (non-hydrogen) atoms. The van der Waals surface area contributed by atoms with Crippen molar-refractivity contribution in [2.24, 2.45) is 0 Å². The van der Waals surface area contributed by atoms with E-state index in [4.69, 9.17) is 16.3 Å². The van der Waals surface area contributed by atoms with Crippen LogP contribution in [0.25, 0.3) is 0 Å². The highest BCUT2D eigenvalue weighted by molar-refractivity contribution is 7.18. The first-order valence-electron chi connectivity index (χ1n) is 11.3. The average molecular weight is 545 g/mol. The molecule has 8 nitrogen and oxygen atoms in total. The molecule has 1 aromatic heterocycles. The molecule has 0 radical (unpaired) electrons. The van der Waals surface area contributed by atoms with E-state index in [-0.39, 0.29) is 43.7 Å². The van der Waals surface area contributed by atoms with Gasteiger partial charge in [-0.15, -0.1) is 11.3 Å². The van der Waals surface area contributed by atoms with Crippen LogP contribution in [0.4, 0.5) is 24.5 Å². The number of anilines is 2. The highest BCUT2D eigenvalue weighted by Gasteiger charge is 2.37. The topological polar surface area (TPSA) is 99.8 Å². The van der Waals surface area contributed by atoms with Gasteiger partial charge in [0.2, 0.25) is 5.91 Å². The summed E-state index contributed by atoms with van der Waals surface area (Å²) in [5.41, 5.74) is -1.41. The molecular formula is C23H24ClF3N4O4S. The number of alkyl halides is 3. The zero-order chi connectivity index (χ0) is 25.9. The third-order valence-corrected chi connectivity index (χ3v) is 7.20. The smallest absolute Gasteiger partial charge is 0.370 e. The third kappa shape index (κ3) is 6.36. The van der Waals surface area contributed by atoms with Crippen molar-refractivity contribution in [2.75, 3.05) is 36.5 Å². The van der Waals surface area contributed by atoms with Crippen molar-refractivity contribution in [3.05, 3.63) is 45.1 Å². The number of carbonyl (C=O) groups is 3. The highest BCUT2D eigenvalue weighted by atomic mass is 35.5. The Hall–Kier alpha value is -2.67. The second kappa shape index (κ2) is 11.2. The van der Waals surface area contributed by atoms with Gasteiger partial charge in [-0.3, -0.25) is 14.4 Å². The first-order valence-corrected chi connectivity index (χ1v) is 12.5. The molecule has 2 aliphatic rings. The summed E-state index contributed by atoms with van der Waals surface area (Å²) in [6.45, 7) is -0.244. The first kappa shape index (κ1) is 26.4. The number of nitrogens with zero attached hydrogens (tertiary/aromatic N) is 1. The Kier molecular flexibility index (Phi) is 8.18. The molecule has 0 bridgehead atoms. The number of nitrogens with one attached hydrogen (secondary N) is 3. The van der Waals surface area contributed by atoms with Gasteiger partial charge in [-0.05, 0) is 43.2 Å². The summed E-state index contributed by atoms with van der Waals surface area (Å²) in [4.78, 5) is 39.0. The number of hydrogen-bond donors (Lipinski definition) is 3. The van der Waals surface area contributed by atoms with Gasteiger partial charge in [0, 0.05) is 24.8 Å². The van der Waals surface area contributed by atoms with Crippen LogP contribution < -0.4 is 20.9 Å². The largest absolute Gasteiger partial charge is 0.418 e. The Balaban J connectivity index is 1.49. The van der Waals surface area contributed by atoms with E-state index in [1.165, 1.54) is 12.1 Å². The van der Waals surface area contributed by atoms with Crippen molar-refractivity contribution < 1.29 is 32.3 Å². The van der Waals surface area contributed by atoms with E-state index < -0.39 is 35.5 Å². The van der Waals surface area contributed by atoms with Gasteiger partial charge in [0.15, 0.2) is 0 Å². The van der Waals surface area contributed by atoms with Crippen LogP contribution >= 0.6 is 22.9 Å². The van der Waals surface area contributed by atoms with Gasteiger partial charge in [0.05, 0.1) is 27.1 Å². The van der Waals surface area contributed by atoms with Crippen molar-refractivity contribution in [3.8, 4) is 0 Å². The lowest BCUT2D eigenvalue weighted by molar-refractivity contribution is -0.137. The predicted octanol–water partition coefficient (Wildman–Crippen LogP) is 3.66. The van der Waals surface area contributed by atoms with E-state index in [2.05, 4.69) is 16.0 Å². The number of morpholine rings is 1. The number of thiophene rings is 1. The number of halogens is 4. The Bertz CT molecular complexity index is 1140. The van der Waals surface area contributed by atoms with Gasteiger partial charge < -0.3 is 25.6 Å². The Morgan fingerprint density at radius 2 is 2.00 bits per heavy atom. The van der Waals surface area contributed by atoms with Crippen LogP contribution in [0, 0.1) is 0 Å². The zero-order valence-electron chi connectivity index (χ0n) is 19.0. The number of hydrogen-bond acceptors (Lipinski definition) is 6. The summed E-state index contributed by atoms with van der Waals surface area (Å²) < 4.78 is 47.0. The normalized spacial score (nSPS) is 17.4. The van der Waals surface area contributed by atoms with Gasteiger partial charge >= 0.3 is 6.18 Å². The average Bonchev–Trinajstić information content (AvgIpc) is 3.24. The molecule has 2 aromatic rings. The fourth-order valence-electron chi connectivity index (χ4n) is 3.88. The van der Waals surface area contributed by atoms with Crippen LogP contribution in [0.5, 0.6) is 0 Å².